The zero-order valence-electron chi connectivity index (χ0n) is 8.40. The van der Waals surface area contributed by atoms with Crippen LogP contribution in [0.5, 0.6) is 0 Å². The molecule has 1 aromatic rings. The zero-order valence-corrected chi connectivity index (χ0v) is 10.8. The number of rotatable bonds is 5. The second kappa shape index (κ2) is 6.02. The monoisotopic (exact) mass is 289 g/mol. The van der Waals surface area contributed by atoms with Crippen molar-refractivity contribution in [3.63, 3.8) is 0 Å². The van der Waals surface area contributed by atoms with Crippen LogP contribution in [0.3, 0.4) is 0 Å². The minimum Gasteiger partial charge on any atom is -0.466 e. The molecule has 0 amide bonds. The molecule has 1 unspecified atom stereocenters. The maximum Gasteiger partial charge on any atom is 0.306 e. The Balaban J connectivity index is 2.64. The van der Waals surface area contributed by atoms with Crippen molar-refractivity contribution < 1.29 is 9.53 Å². The van der Waals surface area contributed by atoms with E-state index in [-0.39, 0.29) is 11.9 Å². The van der Waals surface area contributed by atoms with Crippen molar-refractivity contribution in [1.82, 2.24) is 4.98 Å². The Hall–Kier alpha value is -0.680. The van der Waals surface area contributed by atoms with Crippen molar-refractivity contribution in [2.75, 3.05) is 6.61 Å². The molecule has 1 aromatic heterocycles. The molecule has 0 aliphatic heterocycles. The molecule has 0 aliphatic carbocycles. The number of thiazole rings is 1. The molecule has 0 fully saturated rings. The number of nitrogens with zero attached hydrogens (tertiary/aromatic N) is 1. The number of esters is 1. The van der Waals surface area contributed by atoms with Gasteiger partial charge < -0.3 is 4.74 Å². The van der Waals surface area contributed by atoms with Gasteiger partial charge in [-0.05, 0) is 22.9 Å². The second-order valence-electron chi connectivity index (χ2n) is 2.88. The minimum atomic E-state index is -0.216. The maximum absolute atomic E-state index is 11.3. The lowest BCUT2D eigenvalue weighted by Crippen LogP contribution is -2.09. The third kappa shape index (κ3) is 3.76. The molecule has 0 aromatic carbocycles. The summed E-state index contributed by atoms with van der Waals surface area (Å²) in [6.07, 6.45) is 2.02. The molecule has 0 bridgehead atoms. The first-order valence-electron chi connectivity index (χ1n) is 4.56. The quantitative estimate of drug-likeness (QED) is 0.618. The van der Waals surface area contributed by atoms with Crippen molar-refractivity contribution in [3.8, 4) is 0 Å². The summed E-state index contributed by atoms with van der Waals surface area (Å²) in [6.45, 7) is 5.90. The lowest BCUT2D eigenvalue weighted by molar-refractivity contribution is -0.143. The third-order valence-electron chi connectivity index (χ3n) is 1.85. The molecule has 15 heavy (non-hydrogen) atoms. The second-order valence-corrected chi connectivity index (χ2v) is 5.01. The summed E-state index contributed by atoms with van der Waals surface area (Å²) in [5, 5.41) is 1.91. The molecule has 0 saturated heterocycles. The van der Waals surface area contributed by atoms with E-state index in [1.807, 2.05) is 5.38 Å². The fourth-order valence-corrected chi connectivity index (χ4v) is 2.23. The summed E-state index contributed by atoms with van der Waals surface area (Å²) in [4.78, 5) is 15.5. The van der Waals surface area contributed by atoms with E-state index in [1.54, 1.807) is 13.0 Å². The van der Waals surface area contributed by atoms with Crippen LogP contribution >= 0.6 is 27.3 Å². The van der Waals surface area contributed by atoms with E-state index < -0.39 is 0 Å². The summed E-state index contributed by atoms with van der Waals surface area (Å²) >= 11 is 4.78. The molecule has 0 aliphatic rings. The highest BCUT2D eigenvalue weighted by Gasteiger charge is 2.16. The largest absolute Gasteiger partial charge is 0.466 e. The molecule has 1 atom stereocenters. The lowest BCUT2D eigenvalue weighted by atomic mass is 10.0. The fraction of sp³-hybridized carbons (Fsp3) is 0.400. The highest BCUT2D eigenvalue weighted by Crippen LogP contribution is 2.25. The van der Waals surface area contributed by atoms with Gasteiger partial charge in [0.1, 0.15) is 0 Å². The first kappa shape index (κ1) is 12.4. The summed E-state index contributed by atoms with van der Waals surface area (Å²) in [5.74, 6) is -0.280. The number of halogens is 1. The van der Waals surface area contributed by atoms with Gasteiger partial charge in [0, 0.05) is 11.3 Å². The number of hydrogen-bond acceptors (Lipinski definition) is 4. The molecule has 82 valence electrons. The van der Waals surface area contributed by atoms with E-state index in [2.05, 4.69) is 27.5 Å². The number of aromatic nitrogens is 1. The smallest absolute Gasteiger partial charge is 0.306 e. The Morgan fingerprint density at radius 2 is 2.60 bits per heavy atom. The molecular formula is C10H12BrNO2S. The van der Waals surface area contributed by atoms with E-state index >= 15 is 0 Å². The lowest BCUT2D eigenvalue weighted by Gasteiger charge is -2.08. The topological polar surface area (TPSA) is 39.2 Å². The van der Waals surface area contributed by atoms with Gasteiger partial charge in [0.05, 0.1) is 18.7 Å². The van der Waals surface area contributed by atoms with Crippen molar-refractivity contribution in [3.05, 3.63) is 27.6 Å². The average Bonchev–Trinajstić information content (AvgIpc) is 2.61. The third-order valence-corrected chi connectivity index (χ3v) is 3.23. The molecule has 0 spiro atoms. The van der Waals surface area contributed by atoms with Crippen LogP contribution in [0.2, 0.25) is 0 Å². The Morgan fingerprint density at radius 1 is 1.87 bits per heavy atom. The molecule has 0 N–H and O–H groups in total. The molecule has 5 heteroatoms. The number of hydrogen-bond donors (Lipinski definition) is 0. The molecular weight excluding hydrogens is 278 g/mol. The Kier molecular flexibility index (Phi) is 4.98. The van der Waals surface area contributed by atoms with E-state index in [9.17, 15) is 4.79 Å². The van der Waals surface area contributed by atoms with Gasteiger partial charge in [0.2, 0.25) is 0 Å². The van der Waals surface area contributed by atoms with Crippen molar-refractivity contribution in [2.45, 2.75) is 19.3 Å². The van der Waals surface area contributed by atoms with Gasteiger partial charge in [0.25, 0.3) is 0 Å². The van der Waals surface area contributed by atoms with Crippen LogP contribution in [0, 0.1) is 0 Å². The Bertz CT molecular complexity index is 351. The average molecular weight is 290 g/mol. The standard InChI is InChI=1S/C10H12BrNO2S/c1-3-7(5-9(13)14-4-2)8-6-15-10(11)12-8/h3,6-7H,1,4-5H2,2H3. The van der Waals surface area contributed by atoms with E-state index in [0.717, 1.165) is 9.61 Å². The van der Waals surface area contributed by atoms with Crippen LogP contribution in [0.1, 0.15) is 25.0 Å². The molecule has 3 nitrogen and oxygen atoms in total. The predicted octanol–water partition coefficient (Wildman–Crippen LogP) is 3.13. The first-order chi connectivity index (χ1) is 7.17. The van der Waals surface area contributed by atoms with Crippen LogP contribution in [0.4, 0.5) is 0 Å². The first-order valence-corrected chi connectivity index (χ1v) is 6.23. The van der Waals surface area contributed by atoms with Gasteiger partial charge in [-0.3, -0.25) is 4.79 Å². The van der Waals surface area contributed by atoms with Gasteiger partial charge in [-0.2, -0.15) is 0 Å². The summed E-state index contributed by atoms with van der Waals surface area (Å²) < 4.78 is 5.69. The molecule has 0 radical (unpaired) electrons. The molecule has 1 heterocycles. The van der Waals surface area contributed by atoms with Crippen LogP contribution < -0.4 is 0 Å². The highest BCUT2D eigenvalue weighted by molar-refractivity contribution is 9.11. The van der Waals surface area contributed by atoms with Crippen LogP contribution in [-0.2, 0) is 9.53 Å². The van der Waals surface area contributed by atoms with Crippen molar-refractivity contribution >= 4 is 33.2 Å². The van der Waals surface area contributed by atoms with Crippen LogP contribution in [0.25, 0.3) is 0 Å². The number of carbonyl (C=O) groups excluding carboxylic acids is 1. The maximum atomic E-state index is 11.3. The van der Waals surface area contributed by atoms with Crippen LogP contribution in [-0.4, -0.2) is 17.6 Å². The van der Waals surface area contributed by atoms with Crippen molar-refractivity contribution in [1.29, 1.82) is 0 Å². The number of allylic oxidation sites excluding steroid dienone is 1. The molecule has 1 rings (SSSR count). The van der Waals surface area contributed by atoms with Gasteiger partial charge in [-0.15, -0.1) is 17.9 Å². The zero-order chi connectivity index (χ0) is 11.3. The summed E-state index contributed by atoms with van der Waals surface area (Å²) in [5.41, 5.74) is 0.856. The van der Waals surface area contributed by atoms with Crippen molar-refractivity contribution in [2.24, 2.45) is 0 Å². The SMILES string of the molecule is C=CC(CC(=O)OCC)c1csc(Br)n1. The predicted molar refractivity (Wildman–Crippen MR) is 64.0 cm³/mol. The van der Waals surface area contributed by atoms with Crippen LogP contribution in [0.15, 0.2) is 22.0 Å². The summed E-state index contributed by atoms with van der Waals surface area (Å²) in [7, 11) is 0. The Morgan fingerprint density at radius 3 is 3.07 bits per heavy atom. The minimum absolute atomic E-state index is 0.0633. The molecule has 0 saturated carbocycles. The normalized spacial score (nSPS) is 12.1. The van der Waals surface area contributed by atoms with Gasteiger partial charge >= 0.3 is 5.97 Å². The highest BCUT2D eigenvalue weighted by atomic mass is 79.9. The fourth-order valence-electron chi connectivity index (χ4n) is 1.14. The van der Waals surface area contributed by atoms with Gasteiger partial charge in [0.15, 0.2) is 3.92 Å². The van der Waals surface area contributed by atoms with Gasteiger partial charge in [-0.1, -0.05) is 6.08 Å². The number of ether oxygens (including phenoxy) is 1. The van der Waals surface area contributed by atoms with E-state index in [4.69, 9.17) is 4.74 Å². The van der Waals surface area contributed by atoms with E-state index in [1.165, 1.54) is 11.3 Å². The Labute approximate surface area is 101 Å². The number of carbonyl (C=O) groups is 1. The van der Waals surface area contributed by atoms with E-state index in [0.29, 0.717) is 13.0 Å². The summed E-state index contributed by atoms with van der Waals surface area (Å²) in [6, 6.07) is 0. The van der Waals surface area contributed by atoms with Gasteiger partial charge in [-0.25, -0.2) is 4.98 Å².